The number of halogens is 3. The highest BCUT2D eigenvalue weighted by Gasteiger charge is 2.45. The molecule has 14 nitrogen and oxygen atoms in total. The SMILES string of the molecule is CCCC(NC(=O)C1CC(OCc2ccccc2)CN1C(=O)C(NC(=O)c1cc(F)c(F)cc1Cl)C1CCCCC1)C(=O)C(=O)NCC(=O)NC(C(N)=O)c1ccccc1. The number of ketones is 1. The lowest BCUT2D eigenvalue weighted by atomic mass is 9.83. The van der Waals surface area contributed by atoms with Crippen LogP contribution in [0.15, 0.2) is 72.8 Å². The highest BCUT2D eigenvalue weighted by Crippen LogP contribution is 2.31. The number of benzene rings is 3. The van der Waals surface area contributed by atoms with Crippen LogP contribution in [-0.4, -0.2) is 83.4 Å². The summed E-state index contributed by atoms with van der Waals surface area (Å²) in [5, 5.41) is 9.65. The third-order valence-electron chi connectivity index (χ3n) is 10.7. The van der Waals surface area contributed by atoms with Crippen molar-refractivity contribution >= 4 is 52.8 Å². The summed E-state index contributed by atoms with van der Waals surface area (Å²) in [6, 6.07) is 13.8. The van der Waals surface area contributed by atoms with Crippen molar-refractivity contribution in [3.05, 3.63) is 106 Å². The highest BCUT2D eigenvalue weighted by molar-refractivity contribution is 6.38. The number of hydrogen-bond acceptors (Lipinski definition) is 8. The van der Waals surface area contributed by atoms with Crippen LogP contribution in [0.4, 0.5) is 8.78 Å². The predicted molar refractivity (Wildman–Crippen MR) is 216 cm³/mol. The van der Waals surface area contributed by atoms with Crippen molar-refractivity contribution < 1.29 is 47.1 Å². The van der Waals surface area contributed by atoms with Crippen LogP contribution in [0.1, 0.15) is 85.8 Å². The van der Waals surface area contributed by atoms with Crippen LogP contribution in [0.25, 0.3) is 0 Å². The Labute approximate surface area is 351 Å². The molecule has 0 radical (unpaired) electrons. The van der Waals surface area contributed by atoms with Crippen molar-refractivity contribution in [1.82, 2.24) is 26.2 Å². The lowest BCUT2D eigenvalue weighted by Crippen LogP contribution is -2.58. The summed E-state index contributed by atoms with van der Waals surface area (Å²) in [4.78, 5) is 95.1. The number of amides is 6. The normalized spacial score (nSPS) is 18.1. The van der Waals surface area contributed by atoms with Crippen LogP contribution in [0.2, 0.25) is 5.02 Å². The Balaban J connectivity index is 1.33. The van der Waals surface area contributed by atoms with Gasteiger partial charge in [0.05, 0.1) is 35.9 Å². The maximum atomic E-state index is 14.7. The highest BCUT2D eigenvalue weighted by atomic mass is 35.5. The quantitative estimate of drug-likeness (QED) is 0.0939. The molecule has 2 fully saturated rings. The van der Waals surface area contributed by atoms with Gasteiger partial charge in [-0.3, -0.25) is 33.6 Å². The summed E-state index contributed by atoms with van der Waals surface area (Å²) in [5.74, 6) is -9.04. The first-order valence-corrected chi connectivity index (χ1v) is 20.3. The van der Waals surface area contributed by atoms with Gasteiger partial charge in [-0.25, -0.2) is 8.78 Å². The van der Waals surface area contributed by atoms with E-state index in [1.807, 2.05) is 30.3 Å². The number of hydrogen-bond donors (Lipinski definition) is 5. The van der Waals surface area contributed by atoms with Crippen LogP contribution >= 0.6 is 11.6 Å². The van der Waals surface area contributed by atoms with E-state index >= 15 is 0 Å². The molecule has 5 unspecified atom stereocenters. The van der Waals surface area contributed by atoms with Crippen LogP contribution in [0.5, 0.6) is 0 Å². The van der Waals surface area contributed by atoms with E-state index in [1.54, 1.807) is 37.3 Å². The standard InChI is InChI=1S/C43H49ClF2N6O8/c1-2-12-33(38(54)42(58)48-22-35(53)50-36(39(47)55)26-15-8-4-9-16-26)49-41(57)34-19-28(60-24-25-13-6-3-7-14-25)23-52(34)43(59)37(27-17-10-5-11-18-27)51-40(56)29-20-31(45)32(46)21-30(29)44/h3-4,6-9,13-16,20-21,27-28,33-34,36-37H,2,5,10-12,17-19,22-24H2,1H3,(H2,47,55)(H,48,58)(H,49,57)(H,50,53)(H,51,56). The van der Waals surface area contributed by atoms with Gasteiger partial charge >= 0.3 is 0 Å². The van der Waals surface area contributed by atoms with E-state index in [-0.39, 0.29) is 42.5 Å². The Morgan fingerprint density at radius 1 is 0.883 bits per heavy atom. The summed E-state index contributed by atoms with van der Waals surface area (Å²) in [5.41, 5.74) is 6.36. The lowest BCUT2D eigenvalue weighted by molar-refractivity contribution is -0.143. The molecule has 1 saturated carbocycles. The van der Waals surface area contributed by atoms with E-state index in [0.717, 1.165) is 24.8 Å². The zero-order valence-corrected chi connectivity index (χ0v) is 33.9. The third-order valence-corrected chi connectivity index (χ3v) is 11.0. The number of Topliss-reactive ketones (excluding diaryl/α,β-unsaturated/α-hetero) is 1. The zero-order chi connectivity index (χ0) is 43.3. The molecule has 6 N–H and O–H groups in total. The van der Waals surface area contributed by atoms with Gasteiger partial charge in [0.25, 0.3) is 11.8 Å². The molecular weight excluding hydrogens is 802 g/mol. The maximum absolute atomic E-state index is 14.7. The molecule has 1 saturated heterocycles. The van der Waals surface area contributed by atoms with Gasteiger partial charge in [0.1, 0.15) is 18.1 Å². The van der Waals surface area contributed by atoms with Gasteiger partial charge in [0, 0.05) is 13.0 Å². The van der Waals surface area contributed by atoms with Gasteiger partial charge in [0.15, 0.2) is 11.6 Å². The average molecular weight is 851 g/mol. The molecule has 1 heterocycles. The number of nitrogens with zero attached hydrogens (tertiary/aromatic N) is 1. The molecule has 0 bridgehead atoms. The van der Waals surface area contributed by atoms with Crippen molar-refractivity contribution in [2.45, 2.75) is 95.2 Å². The molecule has 2 aliphatic rings. The van der Waals surface area contributed by atoms with Gasteiger partial charge in [-0.15, -0.1) is 0 Å². The minimum Gasteiger partial charge on any atom is -0.372 e. The summed E-state index contributed by atoms with van der Waals surface area (Å²) < 4.78 is 34.3. The molecule has 60 heavy (non-hydrogen) atoms. The molecule has 5 atom stereocenters. The summed E-state index contributed by atoms with van der Waals surface area (Å²) in [7, 11) is 0. The minimum atomic E-state index is -1.35. The third kappa shape index (κ3) is 11.9. The molecule has 0 aromatic heterocycles. The van der Waals surface area contributed by atoms with Gasteiger partial charge in [-0.05, 0) is 48.4 Å². The molecule has 5 rings (SSSR count). The molecule has 1 aliphatic carbocycles. The van der Waals surface area contributed by atoms with Crippen LogP contribution in [0.3, 0.4) is 0 Å². The largest absolute Gasteiger partial charge is 0.372 e. The molecule has 320 valence electrons. The van der Waals surface area contributed by atoms with E-state index in [4.69, 9.17) is 22.1 Å². The fourth-order valence-corrected chi connectivity index (χ4v) is 7.79. The van der Waals surface area contributed by atoms with Gasteiger partial charge < -0.3 is 36.6 Å². The monoisotopic (exact) mass is 850 g/mol. The maximum Gasteiger partial charge on any atom is 0.290 e. The molecule has 17 heteroatoms. The number of ether oxygens (including phenoxy) is 1. The number of carbonyl (C=O) groups is 7. The van der Waals surface area contributed by atoms with Crippen LogP contribution < -0.4 is 27.0 Å². The first-order chi connectivity index (χ1) is 28.8. The second-order valence-electron chi connectivity index (χ2n) is 15.0. The smallest absolute Gasteiger partial charge is 0.290 e. The molecule has 1 aliphatic heterocycles. The Hall–Kier alpha value is -5.74. The Morgan fingerprint density at radius 2 is 1.53 bits per heavy atom. The average Bonchev–Trinajstić information content (AvgIpc) is 3.69. The van der Waals surface area contributed by atoms with E-state index in [2.05, 4.69) is 21.3 Å². The number of primary amides is 1. The zero-order valence-electron chi connectivity index (χ0n) is 33.1. The van der Waals surface area contributed by atoms with Gasteiger partial charge in [-0.1, -0.05) is 105 Å². The number of rotatable bonds is 18. The first-order valence-electron chi connectivity index (χ1n) is 19.9. The Bertz CT molecular complexity index is 2040. The second kappa shape index (κ2) is 21.5. The van der Waals surface area contributed by atoms with Crippen LogP contribution in [-0.2, 0) is 40.1 Å². The summed E-state index contributed by atoms with van der Waals surface area (Å²) >= 11 is 6.13. The fraction of sp³-hybridized carbons (Fsp3) is 0.419. The second-order valence-corrected chi connectivity index (χ2v) is 15.4. The van der Waals surface area contributed by atoms with Crippen molar-refractivity contribution in [3.8, 4) is 0 Å². The van der Waals surface area contributed by atoms with E-state index in [1.165, 1.54) is 4.90 Å². The Kier molecular flexibility index (Phi) is 16.2. The minimum absolute atomic E-state index is 0.00654. The van der Waals surface area contributed by atoms with E-state index in [9.17, 15) is 42.3 Å². The van der Waals surface area contributed by atoms with Crippen LogP contribution in [0, 0.1) is 17.6 Å². The Morgan fingerprint density at radius 3 is 2.18 bits per heavy atom. The predicted octanol–water partition coefficient (Wildman–Crippen LogP) is 3.80. The molecule has 6 amide bonds. The van der Waals surface area contributed by atoms with E-state index < -0.39 is 89.7 Å². The van der Waals surface area contributed by atoms with Gasteiger partial charge in [-0.2, -0.15) is 0 Å². The van der Waals surface area contributed by atoms with Crippen molar-refractivity contribution in [1.29, 1.82) is 0 Å². The molecule has 3 aromatic carbocycles. The topological polar surface area (TPSA) is 206 Å². The number of carbonyl (C=O) groups excluding carboxylic acids is 7. The van der Waals surface area contributed by atoms with E-state index in [0.29, 0.717) is 37.0 Å². The van der Waals surface area contributed by atoms with Gasteiger partial charge in [0.2, 0.25) is 29.4 Å². The van der Waals surface area contributed by atoms with Crippen molar-refractivity contribution in [2.24, 2.45) is 11.7 Å². The summed E-state index contributed by atoms with van der Waals surface area (Å²) in [6.07, 6.45) is 3.33. The molecule has 0 spiro atoms. The van der Waals surface area contributed by atoms with Crippen molar-refractivity contribution in [3.63, 3.8) is 0 Å². The summed E-state index contributed by atoms with van der Waals surface area (Å²) in [6.45, 7) is 1.16. The number of likely N-dealkylation sites (tertiary alicyclic amines) is 1. The molecule has 3 aromatic rings. The molecular formula is C43H49ClF2N6O8. The fourth-order valence-electron chi connectivity index (χ4n) is 7.55. The number of nitrogens with two attached hydrogens (primary N) is 1. The van der Waals surface area contributed by atoms with Crippen molar-refractivity contribution in [2.75, 3.05) is 13.1 Å². The number of nitrogens with one attached hydrogen (secondary N) is 4. The first kappa shape index (κ1) is 45.3. The lowest BCUT2D eigenvalue weighted by Gasteiger charge is -2.35.